The predicted molar refractivity (Wildman–Crippen MR) is 50.1 cm³/mol. The van der Waals surface area contributed by atoms with Gasteiger partial charge in [-0.25, -0.2) is 0 Å². The molecule has 0 fully saturated rings. The molecule has 0 bridgehead atoms. The van der Waals surface area contributed by atoms with Crippen LogP contribution in [-0.2, 0) is 0 Å². The number of allylic oxidation sites excluding steroid dienone is 3. The first-order valence-electron chi connectivity index (χ1n) is 3.92. The molecule has 0 saturated carbocycles. The lowest BCUT2D eigenvalue weighted by molar-refractivity contribution is 0.835. The van der Waals surface area contributed by atoms with Gasteiger partial charge in [-0.05, 0) is 19.3 Å². The molecule has 0 unspecified atom stereocenters. The maximum absolute atomic E-state index is 3.56. The second-order valence-corrected chi connectivity index (χ2v) is 2.46. The van der Waals surface area contributed by atoms with Gasteiger partial charge in [-0.15, -0.1) is 6.58 Å². The highest BCUT2D eigenvalue weighted by molar-refractivity contribution is 4.73. The molecule has 0 amide bonds. The summed E-state index contributed by atoms with van der Waals surface area (Å²) in [6.07, 6.45) is 7.26. The summed E-state index contributed by atoms with van der Waals surface area (Å²) >= 11 is 0. The van der Waals surface area contributed by atoms with E-state index in [1.165, 1.54) is 0 Å². The summed E-state index contributed by atoms with van der Waals surface area (Å²) in [7, 11) is 0. The van der Waals surface area contributed by atoms with Gasteiger partial charge in [0.15, 0.2) is 0 Å². The zero-order valence-electron chi connectivity index (χ0n) is 7.72. The molecular weight excluding hydrogens is 120 g/mol. The van der Waals surface area contributed by atoms with Crippen molar-refractivity contribution in [3.05, 3.63) is 24.8 Å². The van der Waals surface area contributed by atoms with Crippen LogP contribution >= 0.6 is 0 Å². The van der Waals surface area contributed by atoms with Crippen LogP contribution in [0.4, 0.5) is 0 Å². The van der Waals surface area contributed by atoms with E-state index in [1.54, 1.807) is 0 Å². The summed E-state index contributed by atoms with van der Waals surface area (Å²) in [5.74, 6) is 0.648. The van der Waals surface area contributed by atoms with E-state index in [0.717, 1.165) is 6.42 Å². The molecule has 0 N–H and O–H groups in total. The van der Waals surface area contributed by atoms with Crippen LogP contribution in [0.25, 0.3) is 0 Å². The Labute approximate surface area is 65.7 Å². The van der Waals surface area contributed by atoms with E-state index in [-0.39, 0.29) is 0 Å². The lowest BCUT2D eigenvalue weighted by Crippen LogP contribution is -1.71. The SMILES string of the molecule is C=CC(C)C.CC=CCC. The van der Waals surface area contributed by atoms with E-state index >= 15 is 0 Å². The summed E-state index contributed by atoms with van der Waals surface area (Å²) in [5.41, 5.74) is 0. The topological polar surface area (TPSA) is 0 Å². The van der Waals surface area contributed by atoms with Crippen molar-refractivity contribution in [1.82, 2.24) is 0 Å². The Hall–Kier alpha value is -0.520. The molecule has 0 heteroatoms. The van der Waals surface area contributed by atoms with Crippen LogP contribution < -0.4 is 0 Å². The molecule has 0 aromatic rings. The van der Waals surface area contributed by atoms with Crippen LogP contribution in [0.15, 0.2) is 24.8 Å². The van der Waals surface area contributed by atoms with Crippen molar-refractivity contribution in [3.8, 4) is 0 Å². The predicted octanol–water partition coefficient (Wildman–Crippen LogP) is 3.80. The van der Waals surface area contributed by atoms with Gasteiger partial charge in [0.2, 0.25) is 0 Å². The van der Waals surface area contributed by atoms with E-state index in [0.29, 0.717) is 5.92 Å². The highest BCUT2D eigenvalue weighted by Crippen LogP contribution is 1.87. The third-order valence-electron chi connectivity index (χ3n) is 0.943. The monoisotopic (exact) mass is 140 g/mol. The molecule has 0 aliphatic rings. The van der Waals surface area contributed by atoms with Gasteiger partial charge >= 0.3 is 0 Å². The lowest BCUT2D eigenvalue weighted by atomic mass is 10.2. The molecule has 0 radical (unpaired) electrons. The van der Waals surface area contributed by atoms with Crippen molar-refractivity contribution in [2.45, 2.75) is 34.1 Å². The minimum absolute atomic E-state index is 0.648. The Balaban J connectivity index is 0. The smallest absolute Gasteiger partial charge is 0.0293 e. The molecular formula is C10H20. The second-order valence-electron chi connectivity index (χ2n) is 2.46. The highest BCUT2D eigenvalue weighted by atomic mass is 13.8. The molecule has 60 valence electrons. The minimum Gasteiger partial charge on any atom is -0.103 e. The molecule has 0 spiro atoms. The molecule has 0 heterocycles. The van der Waals surface area contributed by atoms with Crippen molar-refractivity contribution >= 4 is 0 Å². The molecule has 0 atom stereocenters. The second kappa shape index (κ2) is 11.3. The highest BCUT2D eigenvalue weighted by Gasteiger charge is 1.73. The maximum atomic E-state index is 3.56. The fourth-order valence-corrected chi connectivity index (χ4v) is 0.236. The van der Waals surface area contributed by atoms with Gasteiger partial charge in [-0.1, -0.05) is 39.0 Å². The Morgan fingerprint density at radius 3 is 1.80 bits per heavy atom. The average molecular weight is 140 g/mol. The Bertz CT molecular complexity index is 78.0. The molecule has 0 aromatic carbocycles. The molecule has 0 saturated heterocycles. The first-order valence-corrected chi connectivity index (χ1v) is 3.92. The van der Waals surface area contributed by atoms with Gasteiger partial charge < -0.3 is 0 Å². The van der Waals surface area contributed by atoms with Crippen molar-refractivity contribution in [2.75, 3.05) is 0 Å². The van der Waals surface area contributed by atoms with E-state index in [2.05, 4.69) is 39.5 Å². The first kappa shape index (κ1) is 12.2. The minimum atomic E-state index is 0.648. The Kier molecular flexibility index (Phi) is 13.8. The van der Waals surface area contributed by atoms with Crippen LogP contribution in [-0.4, -0.2) is 0 Å². The van der Waals surface area contributed by atoms with Gasteiger partial charge in [-0.2, -0.15) is 0 Å². The third kappa shape index (κ3) is 25.9. The standard InChI is InChI=1S/2C5H10/c1-4-5(2)3;1-3-5-4-2/h4-5H,1H2,2-3H3;3,5H,4H2,1-2H3. The number of hydrogen-bond donors (Lipinski definition) is 0. The summed E-state index contributed by atoms with van der Waals surface area (Å²) in [4.78, 5) is 0. The number of hydrogen-bond acceptors (Lipinski definition) is 0. The van der Waals surface area contributed by atoms with Crippen LogP contribution in [0.3, 0.4) is 0 Å². The molecule has 0 nitrogen and oxygen atoms in total. The van der Waals surface area contributed by atoms with Gasteiger partial charge in [0, 0.05) is 0 Å². The normalized spacial score (nSPS) is 9.30. The van der Waals surface area contributed by atoms with Crippen molar-refractivity contribution in [1.29, 1.82) is 0 Å². The molecule has 10 heavy (non-hydrogen) atoms. The van der Waals surface area contributed by atoms with Crippen molar-refractivity contribution in [3.63, 3.8) is 0 Å². The lowest BCUT2D eigenvalue weighted by Gasteiger charge is -1.84. The third-order valence-corrected chi connectivity index (χ3v) is 0.943. The van der Waals surface area contributed by atoms with Crippen LogP contribution in [0.1, 0.15) is 34.1 Å². The van der Waals surface area contributed by atoms with Gasteiger partial charge in [0.05, 0.1) is 0 Å². The van der Waals surface area contributed by atoms with Crippen LogP contribution in [0.5, 0.6) is 0 Å². The zero-order chi connectivity index (χ0) is 8.41. The maximum Gasteiger partial charge on any atom is -0.0293 e. The first-order chi connectivity index (χ1) is 4.68. The van der Waals surface area contributed by atoms with Gasteiger partial charge in [0.1, 0.15) is 0 Å². The van der Waals surface area contributed by atoms with Crippen molar-refractivity contribution < 1.29 is 0 Å². The van der Waals surface area contributed by atoms with E-state index < -0.39 is 0 Å². The van der Waals surface area contributed by atoms with Gasteiger partial charge in [0.25, 0.3) is 0 Å². The van der Waals surface area contributed by atoms with E-state index in [4.69, 9.17) is 0 Å². The molecule has 0 aliphatic carbocycles. The quantitative estimate of drug-likeness (QED) is 0.512. The fraction of sp³-hybridized carbons (Fsp3) is 0.600. The summed E-state index contributed by atoms with van der Waals surface area (Å²) < 4.78 is 0. The summed E-state index contributed by atoms with van der Waals surface area (Å²) in [5, 5.41) is 0. The van der Waals surface area contributed by atoms with Crippen LogP contribution in [0, 0.1) is 5.92 Å². The number of rotatable bonds is 2. The van der Waals surface area contributed by atoms with Crippen molar-refractivity contribution in [2.24, 2.45) is 5.92 Å². The van der Waals surface area contributed by atoms with Crippen LogP contribution in [0.2, 0.25) is 0 Å². The molecule has 0 aromatic heterocycles. The largest absolute Gasteiger partial charge is 0.103 e. The fourth-order valence-electron chi connectivity index (χ4n) is 0.236. The van der Waals surface area contributed by atoms with E-state index in [9.17, 15) is 0 Å². The van der Waals surface area contributed by atoms with Gasteiger partial charge in [-0.3, -0.25) is 0 Å². The summed E-state index contributed by atoms with van der Waals surface area (Å²) in [6, 6.07) is 0. The Morgan fingerprint density at radius 2 is 1.80 bits per heavy atom. The zero-order valence-corrected chi connectivity index (χ0v) is 7.72. The Morgan fingerprint density at radius 1 is 1.40 bits per heavy atom. The molecule has 0 aliphatic heterocycles. The molecule has 0 rings (SSSR count). The summed E-state index contributed by atoms with van der Waals surface area (Å²) in [6.45, 7) is 11.9. The average Bonchev–Trinajstić information content (AvgIpc) is 1.91. The van der Waals surface area contributed by atoms with E-state index in [1.807, 2.05) is 13.0 Å².